The number of rotatable bonds is 3. The van der Waals surface area contributed by atoms with Gasteiger partial charge in [0.1, 0.15) is 0 Å². The van der Waals surface area contributed by atoms with Crippen molar-refractivity contribution in [3.8, 4) is 0 Å². The zero-order valence-corrected chi connectivity index (χ0v) is 12.2. The van der Waals surface area contributed by atoms with Gasteiger partial charge in [-0.05, 0) is 51.1 Å². The summed E-state index contributed by atoms with van der Waals surface area (Å²) in [5.41, 5.74) is 2.80. The first-order valence-electron chi connectivity index (χ1n) is 7.75. The molecule has 1 saturated heterocycles. The van der Waals surface area contributed by atoms with E-state index in [1.807, 2.05) is 0 Å². The van der Waals surface area contributed by atoms with Crippen molar-refractivity contribution in [1.29, 1.82) is 0 Å². The highest BCUT2D eigenvalue weighted by molar-refractivity contribution is 5.21. The van der Waals surface area contributed by atoms with E-state index in [2.05, 4.69) is 48.3 Å². The second kappa shape index (κ2) is 5.64. The highest BCUT2D eigenvalue weighted by atomic mass is 15.2. The summed E-state index contributed by atoms with van der Waals surface area (Å²) in [6.45, 7) is 8.05. The summed E-state index contributed by atoms with van der Waals surface area (Å²) >= 11 is 0. The van der Waals surface area contributed by atoms with Gasteiger partial charge in [-0.2, -0.15) is 0 Å². The van der Waals surface area contributed by atoms with Gasteiger partial charge >= 0.3 is 0 Å². The van der Waals surface area contributed by atoms with E-state index in [0.717, 1.165) is 18.5 Å². The van der Waals surface area contributed by atoms with Gasteiger partial charge in [-0.25, -0.2) is 0 Å². The topological polar surface area (TPSA) is 15.3 Å². The average Bonchev–Trinajstić information content (AvgIpc) is 3.22. The Bertz CT molecular complexity index is 408. The predicted octanol–water partition coefficient (Wildman–Crippen LogP) is 2.96. The van der Waals surface area contributed by atoms with Crippen molar-refractivity contribution >= 4 is 0 Å². The Morgan fingerprint density at radius 1 is 1.16 bits per heavy atom. The van der Waals surface area contributed by atoms with E-state index in [9.17, 15) is 0 Å². The molecule has 1 aliphatic carbocycles. The van der Waals surface area contributed by atoms with Crippen molar-refractivity contribution in [3.05, 3.63) is 35.4 Å². The summed E-state index contributed by atoms with van der Waals surface area (Å²) in [7, 11) is 0. The standard InChI is InChI=1S/C17H26N2/c1-13-3-5-15(6-4-13)11-19-12-17(16-7-8-16)18-10-9-14(19)2/h3-6,14,16-18H,7-12H2,1-2H3. The van der Waals surface area contributed by atoms with E-state index >= 15 is 0 Å². The molecule has 1 aromatic rings. The van der Waals surface area contributed by atoms with Crippen LogP contribution in [0.2, 0.25) is 0 Å². The lowest BCUT2D eigenvalue weighted by Crippen LogP contribution is -2.40. The molecule has 2 nitrogen and oxygen atoms in total. The Morgan fingerprint density at radius 3 is 2.58 bits per heavy atom. The van der Waals surface area contributed by atoms with Crippen molar-refractivity contribution in [2.45, 2.75) is 51.7 Å². The van der Waals surface area contributed by atoms with E-state index in [1.165, 1.54) is 43.5 Å². The van der Waals surface area contributed by atoms with Crippen molar-refractivity contribution in [2.24, 2.45) is 5.92 Å². The van der Waals surface area contributed by atoms with Crippen LogP contribution in [0, 0.1) is 12.8 Å². The SMILES string of the molecule is Cc1ccc(CN2CC(C3CC3)NCCC2C)cc1. The van der Waals surface area contributed by atoms with Gasteiger partial charge in [0.15, 0.2) is 0 Å². The van der Waals surface area contributed by atoms with Gasteiger partial charge in [0.25, 0.3) is 0 Å². The molecule has 2 fully saturated rings. The molecule has 2 atom stereocenters. The van der Waals surface area contributed by atoms with E-state index in [-0.39, 0.29) is 0 Å². The quantitative estimate of drug-likeness (QED) is 0.896. The van der Waals surface area contributed by atoms with Crippen molar-refractivity contribution in [3.63, 3.8) is 0 Å². The minimum atomic E-state index is 0.692. The lowest BCUT2D eigenvalue weighted by molar-refractivity contribution is 0.190. The van der Waals surface area contributed by atoms with Crippen molar-refractivity contribution in [1.82, 2.24) is 10.2 Å². The highest BCUT2D eigenvalue weighted by Crippen LogP contribution is 2.34. The lowest BCUT2D eigenvalue weighted by Gasteiger charge is -2.29. The maximum Gasteiger partial charge on any atom is 0.0237 e. The van der Waals surface area contributed by atoms with E-state index in [4.69, 9.17) is 0 Å². The first-order chi connectivity index (χ1) is 9.22. The fraction of sp³-hybridized carbons (Fsp3) is 0.647. The van der Waals surface area contributed by atoms with Gasteiger partial charge in [-0.1, -0.05) is 29.8 Å². The van der Waals surface area contributed by atoms with Crippen LogP contribution in [0.5, 0.6) is 0 Å². The second-order valence-electron chi connectivity index (χ2n) is 6.45. The molecule has 0 amide bonds. The van der Waals surface area contributed by atoms with Crippen LogP contribution in [0.15, 0.2) is 24.3 Å². The molecular weight excluding hydrogens is 232 g/mol. The Labute approximate surface area is 117 Å². The molecule has 1 saturated carbocycles. The van der Waals surface area contributed by atoms with Crippen LogP contribution in [0.3, 0.4) is 0 Å². The van der Waals surface area contributed by atoms with Gasteiger partial charge in [-0.3, -0.25) is 4.90 Å². The maximum absolute atomic E-state index is 3.76. The molecule has 19 heavy (non-hydrogen) atoms. The molecule has 104 valence electrons. The number of aryl methyl sites for hydroxylation is 1. The zero-order chi connectivity index (χ0) is 13.2. The van der Waals surface area contributed by atoms with E-state index < -0.39 is 0 Å². The summed E-state index contributed by atoms with van der Waals surface area (Å²) < 4.78 is 0. The molecule has 1 N–H and O–H groups in total. The van der Waals surface area contributed by atoms with Gasteiger partial charge in [-0.15, -0.1) is 0 Å². The molecule has 0 bridgehead atoms. The van der Waals surface area contributed by atoms with Gasteiger partial charge < -0.3 is 5.32 Å². The van der Waals surface area contributed by atoms with Crippen LogP contribution in [-0.2, 0) is 6.54 Å². The third-order valence-corrected chi connectivity index (χ3v) is 4.72. The summed E-state index contributed by atoms with van der Waals surface area (Å²) in [5, 5.41) is 3.76. The average molecular weight is 258 g/mol. The largest absolute Gasteiger partial charge is 0.312 e. The molecule has 1 heterocycles. The minimum absolute atomic E-state index is 0.692. The molecule has 0 radical (unpaired) electrons. The summed E-state index contributed by atoms with van der Waals surface area (Å²) in [6.07, 6.45) is 4.14. The van der Waals surface area contributed by atoms with Crippen LogP contribution in [-0.4, -0.2) is 30.1 Å². The van der Waals surface area contributed by atoms with Crippen LogP contribution in [0.25, 0.3) is 0 Å². The highest BCUT2D eigenvalue weighted by Gasteiger charge is 2.34. The Kier molecular flexibility index (Phi) is 3.90. The van der Waals surface area contributed by atoms with Crippen LogP contribution >= 0.6 is 0 Å². The Morgan fingerprint density at radius 2 is 1.89 bits per heavy atom. The van der Waals surface area contributed by atoms with E-state index in [0.29, 0.717) is 6.04 Å². The molecule has 3 rings (SSSR count). The number of benzene rings is 1. The molecule has 2 unspecified atom stereocenters. The minimum Gasteiger partial charge on any atom is -0.312 e. The normalized spacial score (nSPS) is 29.2. The van der Waals surface area contributed by atoms with Crippen molar-refractivity contribution in [2.75, 3.05) is 13.1 Å². The number of hydrogen-bond donors (Lipinski definition) is 1. The number of nitrogens with one attached hydrogen (secondary N) is 1. The smallest absolute Gasteiger partial charge is 0.0237 e. The summed E-state index contributed by atoms with van der Waals surface area (Å²) in [6, 6.07) is 10.5. The van der Waals surface area contributed by atoms with Crippen LogP contribution in [0.1, 0.15) is 37.3 Å². The molecule has 0 aromatic heterocycles. The van der Waals surface area contributed by atoms with Crippen LogP contribution < -0.4 is 5.32 Å². The van der Waals surface area contributed by atoms with Gasteiger partial charge in [0, 0.05) is 25.2 Å². The lowest BCUT2D eigenvalue weighted by atomic mass is 10.1. The van der Waals surface area contributed by atoms with Crippen LogP contribution in [0.4, 0.5) is 0 Å². The summed E-state index contributed by atoms with van der Waals surface area (Å²) in [4.78, 5) is 2.67. The molecule has 1 aliphatic heterocycles. The maximum atomic E-state index is 3.76. The third kappa shape index (κ3) is 3.37. The Balaban J connectivity index is 1.67. The van der Waals surface area contributed by atoms with E-state index in [1.54, 1.807) is 0 Å². The summed E-state index contributed by atoms with van der Waals surface area (Å²) in [5.74, 6) is 0.950. The first-order valence-corrected chi connectivity index (χ1v) is 7.75. The predicted molar refractivity (Wildman–Crippen MR) is 80.2 cm³/mol. The second-order valence-corrected chi connectivity index (χ2v) is 6.45. The molecular formula is C17H26N2. The Hall–Kier alpha value is -0.860. The number of hydrogen-bond acceptors (Lipinski definition) is 2. The van der Waals surface area contributed by atoms with Gasteiger partial charge in [0.2, 0.25) is 0 Å². The number of nitrogens with zero attached hydrogens (tertiary/aromatic N) is 1. The molecule has 2 heteroatoms. The fourth-order valence-corrected chi connectivity index (χ4v) is 3.12. The molecule has 2 aliphatic rings. The third-order valence-electron chi connectivity index (χ3n) is 4.72. The fourth-order valence-electron chi connectivity index (χ4n) is 3.12. The van der Waals surface area contributed by atoms with Crippen molar-refractivity contribution < 1.29 is 0 Å². The molecule has 1 aromatic carbocycles. The van der Waals surface area contributed by atoms with Gasteiger partial charge in [0.05, 0.1) is 0 Å². The monoisotopic (exact) mass is 258 g/mol. The zero-order valence-electron chi connectivity index (χ0n) is 12.2. The molecule has 0 spiro atoms. The first kappa shape index (κ1) is 13.1.